The Kier molecular flexibility index (Phi) is 5.18. The molecular weight excluding hydrogens is 276 g/mol. The number of rotatable bonds is 6. The van der Waals surface area contributed by atoms with Gasteiger partial charge in [-0.15, -0.1) is 0 Å². The zero-order valence-electron chi connectivity index (χ0n) is 13.1. The lowest BCUT2D eigenvalue weighted by atomic mass is 10.0. The minimum atomic E-state index is 0.461. The molecule has 2 nitrogen and oxygen atoms in total. The van der Waals surface area contributed by atoms with E-state index in [-0.39, 0.29) is 0 Å². The maximum absolute atomic E-state index is 5.86. The van der Waals surface area contributed by atoms with Gasteiger partial charge in [0.25, 0.3) is 0 Å². The second-order valence-electron chi connectivity index (χ2n) is 5.59. The molecule has 0 aromatic heterocycles. The van der Waals surface area contributed by atoms with E-state index in [4.69, 9.17) is 18.0 Å². The Labute approximate surface area is 132 Å². The topological polar surface area (TPSA) is 29.3 Å². The van der Waals surface area contributed by atoms with Crippen LogP contribution in [0.15, 0.2) is 36.4 Å². The van der Waals surface area contributed by atoms with E-state index in [9.17, 15) is 0 Å². The Morgan fingerprint density at radius 2 is 1.81 bits per heavy atom. The lowest BCUT2D eigenvalue weighted by molar-refractivity contribution is 0.549. The summed E-state index contributed by atoms with van der Waals surface area (Å²) in [5.74, 6) is 0.680. The van der Waals surface area contributed by atoms with Gasteiger partial charge in [0.1, 0.15) is 4.99 Å². The summed E-state index contributed by atoms with van der Waals surface area (Å²) < 4.78 is 0. The van der Waals surface area contributed by atoms with Gasteiger partial charge in [0.05, 0.1) is 0 Å². The lowest BCUT2D eigenvalue weighted by Crippen LogP contribution is -2.28. The van der Waals surface area contributed by atoms with Crippen molar-refractivity contribution in [1.29, 1.82) is 0 Å². The van der Waals surface area contributed by atoms with Crippen molar-refractivity contribution < 1.29 is 0 Å². The van der Waals surface area contributed by atoms with Gasteiger partial charge in [-0.25, -0.2) is 0 Å². The van der Waals surface area contributed by atoms with Gasteiger partial charge in [-0.2, -0.15) is 0 Å². The van der Waals surface area contributed by atoms with Crippen molar-refractivity contribution in [3.05, 3.63) is 42.0 Å². The minimum absolute atomic E-state index is 0.461. The zero-order valence-corrected chi connectivity index (χ0v) is 13.9. The normalized spacial score (nSPS) is 12.3. The van der Waals surface area contributed by atoms with Crippen molar-refractivity contribution in [2.24, 2.45) is 11.7 Å². The fraction of sp³-hybridized carbons (Fsp3) is 0.389. The Bertz CT molecular complexity index is 636. The van der Waals surface area contributed by atoms with Crippen molar-refractivity contribution in [1.82, 2.24) is 0 Å². The Balaban J connectivity index is 2.54. The average molecular weight is 300 g/mol. The number of hydrogen-bond donors (Lipinski definition) is 1. The highest BCUT2D eigenvalue weighted by Crippen LogP contribution is 2.30. The third kappa shape index (κ3) is 3.35. The van der Waals surface area contributed by atoms with Crippen LogP contribution in [0.5, 0.6) is 0 Å². The van der Waals surface area contributed by atoms with Gasteiger partial charge in [0.15, 0.2) is 0 Å². The van der Waals surface area contributed by atoms with Gasteiger partial charge in [-0.05, 0) is 30.4 Å². The number of nitrogens with two attached hydrogens (primary N) is 1. The van der Waals surface area contributed by atoms with Crippen LogP contribution in [0.3, 0.4) is 0 Å². The van der Waals surface area contributed by atoms with Crippen molar-refractivity contribution in [3.8, 4) is 0 Å². The van der Waals surface area contributed by atoms with E-state index in [2.05, 4.69) is 56.0 Å². The molecule has 0 aliphatic heterocycles. The molecule has 0 fully saturated rings. The van der Waals surface area contributed by atoms with Crippen LogP contribution in [-0.4, -0.2) is 18.1 Å². The van der Waals surface area contributed by atoms with Crippen molar-refractivity contribution in [2.75, 3.05) is 18.0 Å². The highest BCUT2D eigenvalue weighted by atomic mass is 32.1. The summed E-state index contributed by atoms with van der Waals surface area (Å²) in [6, 6.07) is 12.6. The SMILES string of the molecule is CCC(C)CN(CC)c1ccc(C(N)=S)c2ccccc12. The number of hydrogen-bond acceptors (Lipinski definition) is 2. The summed E-state index contributed by atoms with van der Waals surface area (Å²) in [5, 5.41) is 2.37. The Hall–Kier alpha value is -1.61. The first-order valence-electron chi connectivity index (χ1n) is 7.64. The first-order chi connectivity index (χ1) is 10.1. The molecule has 3 heteroatoms. The Morgan fingerprint density at radius 1 is 1.14 bits per heavy atom. The maximum atomic E-state index is 5.86. The first kappa shape index (κ1) is 15.8. The largest absolute Gasteiger partial charge is 0.389 e. The van der Waals surface area contributed by atoms with E-state index in [0.29, 0.717) is 10.9 Å². The van der Waals surface area contributed by atoms with Crippen LogP contribution in [0.4, 0.5) is 5.69 Å². The minimum Gasteiger partial charge on any atom is -0.389 e. The summed E-state index contributed by atoms with van der Waals surface area (Å²) in [5.41, 5.74) is 8.09. The third-order valence-electron chi connectivity index (χ3n) is 4.12. The van der Waals surface area contributed by atoms with Gasteiger partial charge in [0, 0.05) is 29.7 Å². The molecule has 0 heterocycles. The summed E-state index contributed by atoms with van der Waals surface area (Å²) >= 11 is 5.18. The first-order valence-corrected chi connectivity index (χ1v) is 8.05. The van der Waals surface area contributed by atoms with Crippen LogP contribution in [0.2, 0.25) is 0 Å². The molecule has 2 aromatic rings. The molecule has 2 aromatic carbocycles. The van der Waals surface area contributed by atoms with Crippen LogP contribution in [0, 0.1) is 5.92 Å². The van der Waals surface area contributed by atoms with E-state index in [0.717, 1.165) is 24.0 Å². The van der Waals surface area contributed by atoms with Crippen molar-refractivity contribution in [2.45, 2.75) is 27.2 Å². The maximum Gasteiger partial charge on any atom is 0.104 e. The smallest absolute Gasteiger partial charge is 0.104 e. The molecule has 0 saturated heterocycles. The standard InChI is InChI=1S/C18H24N2S/c1-4-13(3)12-20(5-2)17-11-10-16(18(19)21)14-8-6-7-9-15(14)17/h6-11,13H,4-5,12H2,1-3H3,(H2,19,21). The molecule has 0 spiro atoms. The van der Waals surface area contributed by atoms with Gasteiger partial charge in [-0.3, -0.25) is 0 Å². The van der Waals surface area contributed by atoms with Crippen LogP contribution >= 0.6 is 12.2 Å². The summed E-state index contributed by atoms with van der Waals surface area (Å²) in [6.07, 6.45) is 1.19. The van der Waals surface area contributed by atoms with E-state index >= 15 is 0 Å². The van der Waals surface area contributed by atoms with Crippen LogP contribution in [-0.2, 0) is 0 Å². The third-order valence-corrected chi connectivity index (χ3v) is 4.34. The molecule has 0 aliphatic carbocycles. The van der Waals surface area contributed by atoms with Gasteiger partial charge in [0.2, 0.25) is 0 Å². The second kappa shape index (κ2) is 6.90. The molecule has 0 saturated carbocycles. The van der Waals surface area contributed by atoms with E-state index < -0.39 is 0 Å². The van der Waals surface area contributed by atoms with Crippen molar-refractivity contribution in [3.63, 3.8) is 0 Å². The highest BCUT2D eigenvalue weighted by Gasteiger charge is 2.13. The van der Waals surface area contributed by atoms with Crippen LogP contribution in [0.25, 0.3) is 10.8 Å². The number of fused-ring (bicyclic) bond motifs is 1. The number of anilines is 1. The predicted octanol–water partition coefficient (Wildman–Crippen LogP) is 4.35. The molecule has 0 bridgehead atoms. The molecule has 0 aliphatic rings. The number of nitrogens with zero attached hydrogens (tertiary/aromatic N) is 1. The molecule has 2 rings (SSSR count). The predicted molar refractivity (Wildman–Crippen MR) is 97.2 cm³/mol. The highest BCUT2D eigenvalue weighted by molar-refractivity contribution is 7.80. The fourth-order valence-electron chi connectivity index (χ4n) is 2.68. The number of benzene rings is 2. The summed E-state index contributed by atoms with van der Waals surface area (Å²) in [7, 11) is 0. The van der Waals surface area contributed by atoms with Crippen LogP contribution in [0.1, 0.15) is 32.8 Å². The second-order valence-corrected chi connectivity index (χ2v) is 6.03. The van der Waals surface area contributed by atoms with E-state index in [1.54, 1.807) is 0 Å². The molecule has 1 atom stereocenters. The molecular formula is C18H24N2S. The summed E-state index contributed by atoms with van der Waals surface area (Å²) in [4.78, 5) is 2.91. The lowest BCUT2D eigenvalue weighted by Gasteiger charge is -2.28. The van der Waals surface area contributed by atoms with E-state index in [1.165, 1.54) is 17.5 Å². The van der Waals surface area contributed by atoms with Crippen LogP contribution < -0.4 is 10.6 Å². The molecule has 0 radical (unpaired) electrons. The molecule has 1 unspecified atom stereocenters. The van der Waals surface area contributed by atoms with Gasteiger partial charge >= 0.3 is 0 Å². The quantitative estimate of drug-likeness (QED) is 0.804. The fourth-order valence-corrected chi connectivity index (χ4v) is 2.85. The van der Waals surface area contributed by atoms with Crippen molar-refractivity contribution >= 4 is 33.7 Å². The molecule has 2 N–H and O–H groups in total. The van der Waals surface area contributed by atoms with E-state index in [1.807, 2.05) is 6.07 Å². The molecule has 0 amide bonds. The number of thiocarbonyl (C=S) groups is 1. The monoisotopic (exact) mass is 300 g/mol. The van der Waals surface area contributed by atoms with Gasteiger partial charge in [-0.1, -0.05) is 56.8 Å². The average Bonchev–Trinajstić information content (AvgIpc) is 2.51. The molecule has 21 heavy (non-hydrogen) atoms. The zero-order chi connectivity index (χ0) is 15.4. The Morgan fingerprint density at radius 3 is 2.38 bits per heavy atom. The molecule has 112 valence electrons. The summed E-state index contributed by atoms with van der Waals surface area (Å²) in [6.45, 7) is 8.82. The van der Waals surface area contributed by atoms with Gasteiger partial charge < -0.3 is 10.6 Å².